The Morgan fingerprint density at radius 1 is 1.24 bits per heavy atom. The van der Waals surface area contributed by atoms with Crippen LogP contribution in [0.2, 0.25) is 0 Å². The molecule has 0 aromatic heterocycles. The molecule has 0 saturated carbocycles. The summed E-state index contributed by atoms with van der Waals surface area (Å²) in [6, 6.07) is 4.89. The zero-order valence-corrected chi connectivity index (χ0v) is 14.5. The first-order valence-electron chi connectivity index (χ1n) is 7.87. The highest BCUT2D eigenvalue weighted by atomic mass is 35.5. The molecule has 142 valence electrons. The third kappa shape index (κ3) is 6.47. The second-order valence-electron chi connectivity index (χ2n) is 5.63. The SMILES string of the molecule is Cl.NCCC(=O)NCC(c1ccc(C(F)(F)F)cc1)N1CCOCC1. The smallest absolute Gasteiger partial charge is 0.379 e. The molecule has 2 rings (SSSR count). The van der Waals surface area contributed by atoms with Gasteiger partial charge in [-0.25, -0.2) is 0 Å². The quantitative estimate of drug-likeness (QED) is 0.790. The van der Waals surface area contributed by atoms with Gasteiger partial charge in [0.25, 0.3) is 0 Å². The highest BCUT2D eigenvalue weighted by molar-refractivity contribution is 5.85. The number of benzene rings is 1. The van der Waals surface area contributed by atoms with Crippen molar-refractivity contribution in [3.05, 3.63) is 35.4 Å². The molecule has 1 unspecified atom stereocenters. The molecule has 1 aliphatic rings. The molecule has 0 radical (unpaired) electrons. The largest absolute Gasteiger partial charge is 0.416 e. The van der Waals surface area contributed by atoms with E-state index in [1.165, 1.54) is 12.1 Å². The predicted molar refractivity (Wildman–Crippen MR) is 90.5 cm³/mol. The number of hydrogen-bond acceptors (Lipinski definition) is 4. The lowest BCUT2D eigenvalue weighted by molar-refractivity contribution is -0.137. The fraction of sp³-hybridized carbons (Fsp3) is 0.562. The van der Waals surface area contributed by atoms with E-state index in [4.69, 9.17) is 10.5 Å². The minimum Gasteiger partial charge on any atom is -0.379 e. The molecular weight excluding hydrogens is 359 g/mol. The Labute approximate surface area is 151 Å². The molecule has 5 nitrogen and oxygen atoms in total. The van der Waals surface area contributed by atoms with Gasteiger partial charge in [0.2, 0.25) is 5.91 Å². The van der Waals surface area contributed by atoms with E-state index < -0.39 is 11.7 Å². The topological polar surface area (TPSA) is 67.6 Å². The molecule has 1 saturated heterocycles. The van der Waals surface area contributed by atoms with Crippen LogP contribution in [0.1, 0.15) is 23.6 Å². The summed E-state index contributed by atoms with van der Waals surface area (Å²) in [7, 11) is 0. The van der Waals surface area contributed by atoms with E-state index >= 15 is 0 Å². The van der Waals surface area contributed by atoms with Gasteiger partial charge in [-0.3, -0.25) is 9.69 Å². The monoisotopic (exact) mass is 381 g/mol. The second kappa shape index (κ2) is 9.96. The number of nitrogens with two attached hydrogens (primary N) is 1. The number of morpholine rings is 1. The second-order valence-corrected chi connectivity index (χ2v) is 5.63. The Kier molecular flexibility index (Phi) is 8.64. The number of alkyl halides is 3. The summed E-state index contributed by atoms with van der Waals surface area (Å²) >= 11 is 0. The molecule has 1 heterocycles. The normalized spacial score (nSPS) is 16.8. The van der Waals surface area contributed by atoms with Gasteiger partial charge in [0, 0.05) is 32.6 Å². The average Bonchev–Trinajstić information content (AvgIpc) is 2.56. The lowest BCUT2D eigenvalue weighted by Crippen LogP contribution is -2.44. The van der Waals surface area contributed by atoms with E-state index in [9.17, 15) is 18.0 Å². The van der Waals surface area contributed by atoms with Crippen LogP contribution in [0.3, 0.4) is 0 Å². The van der Waals surface area contributed by atoms with E-state index in [0.29, 0.717) is 32.8 Å². The van der Waals surface area contributed by atoms with Crippen molar-refractivity contribution >= 4 is 18.3 Å². The molecule has 0 aliphatic carbocycles. The van der Waals surface area contributed by atoms with Crippen molar-refractivity contribution in [2.45, 2.75) is 18.6 Å². The molecule has 0 spiro atoms. The van der Waals surface area contributed by atoms with Crippen LogP contribution in [-0.2, 0) is 15.7 Å². The van der Waals surface area contributed by atoms with Crippen molar-refractivity contribution in [2.75, 3.05) is 39.4 Å². The molecule has 1 aromatic rings. The highest BCUT2D eigenvalue weighted by Crippen LogP contribution is 2.31. The maximum Gasteiger partial charge on any atom is 0.416 e. The van der Waals surface area contributed by atoms with E-state index in [0.717, 1.165) is 17.7 Å². The number of amides is 1. The first-order chi connectivity index (χ1) is 11.4. The van der Waals surface area contributed by atoms with Crippen molar-refractivity contribution in [2.24, 2.45) is 5.73 Å². The first kappa shape index (κ1) is 21.7. The molecule has 1 amide bonds. The third-order valence-electron chi connectivity index (χ3n) is 3.97. The van der Waals surface area contributed by atoms with Crippen LogP contribution in [0.4, 0.5) is 13.2 Å². The van der Waals surface area contributed by atoms with Gasteiger partial charge in [-0.2, -0.15) is 13.2 Å². The summed E-state index contributed by atoms with van der Waals surface area (Å²) in [5.41, 5.74) is 5.41. The minimum absolute atomic E-state index is 0. The van der Waals surface area contributed by atoms with E-state index in [2.05, 4.69) is 10.2 Å². The van der Waals surface area contributed by atoms with Crippen molar-refractivity contribution < 1.29 is 22.7 Å². The van der Waals surface area contributed by atoms with Crippen LogP contribution in [0, 0.1) is 0 Å². The number of nitrogens with zero attached hydrogens (tertiary/aromatic N) is 1. The van der Waals surface area contributed by atoms with Gasteiger partial charge in [-0.15, -0.1) is 12.4 Å². The van der Waals surface area contributed by atoms with Crippen LogP contribution in [0.5, 0.6) is 0 Å². The fourth-order valence-electron chi connectivity index (χ4n) is 2.67. The van der Waals surface area contributed by atoms with Crippen LogP contribution in [-0.4, -0.2) is 50.2 Å². The number of carbonyl (C=O) groups excluding carboxylic acids is 1. The van der Waals surface area contributed by atoms with Crippen LogP contribution in [0.15, 0.2) is 24.3 Å². The van der Waals surface area contributed by atoms with Gasteiger partial charge < -0.3 is 15.8 Å². The van der Waals surface area contributed by atoms with Crippen LogP contribution < -0.4 is 11.1 Å². The third-order valence-corrected chi connectivity index (χ3v) is 3.97. The van der Waals surface area contributed by atoms with Crippen molar-refractivity contribution in [3.63, 3.8) is 0 Å². The molecule has 1 aromatic carbocycles. The number of ether oxygens (including phenoxy) is 1. The Hall–Kier alpha value is -1.35. The summed E-state index contributed by atoms with van der Waals surface area (Å²) in [4.78, 5) is 13.8. The number of nitrogens with one attached hydrogen (secondary N) is 1. The first-order valence-corrected chi connectivity index (χ1v) is 7.87. The Bertz CT molecular complexity index is 534. The zero-order valence-electron chi connectivity index (χ0n) is 13.7. The Morgan fingerprint density at radius 2 is 1.84 bits per heavy atom. The van der Waals surface area contributed by atoms with Crippen LogP contribution >= 0.6 is 12.4 Å². The average molecular weight is 382 g/mol. The summed E-state index contributed by atoms with van der Waals surface area (Å²) in [6.07, 6.45) is -4.13. The van der Waals surface area contributed by atoms with Crippen LogP contribution in [0.25, 0.3) is 0 Å². The molecule has 1 aliphatic heterocycles. The number of hydrogen-bond donors (Lipinski definition) is 2. The number of carbonyl (C=O) groups is 1. The fourth-order valence-corrected chi connectivity index (χ4v) is 2.67. The molecule has 1 atom stereocenters. The molecule has 9 heteroatoms. The zero-order chi connectivity index (χ0) is 17.6. The summed E-state index contributed by atoms with van der Waals surface area (Å²) in [6.45, 7) is 3.04. The molecule has 0 bridgehead atoms. The van der Waals surface area contributed by atoms with E-state index in [-0.39, 0.29) is 37.3 Å². The number of halogens is 4. The van der Waals surface area contributed by atoms with Gasteiger partial charge in [0.1, 0.15) is 0 Å². The predicted octanol–water partition coefficient (Wildman–Crippen LogP) is 1.97. The Morgan fingerprint density at radius 3 is 2.36 bits per heavy atom. The maximum atomic E-state index is 12.7. The Balaban J connectivity index is 0.00000312. The van der Waals surface area contributed by atoms with Gasteiger partial charge >= 0.3 is 6.18 Å². The summed E-state index contributed by atoms with van der Waals surface area (Å²) in [5.74, 6) is -0.164. The van der Waals surface area contributed by atoms with Gasteiger partial charge in [0.15, 0.2) is 0 Å². The highest BCUT2D eigenvalue weighted by Gasteiger charge is 2.31. The van der Waals surface area contributed by atoms with Gasteiger partial charge in [0.05, 0.1) is 24.8 Å². The molecule has 1 fully saturated rings. The molecule has 25 heavy (non-hydrogen) atoms. The molecule has 3 N–H and O–H groups in total. The standard InChI is InChI=1S/C16H22F3N3O2.ClH/c17-16(18,19)13-3-1-12(2-4-13)14(11-21-15(23)5-6-20)22-7-9-24-10-8-22;/h1-4,14H,5-11,20H2,(H,21,23);1H. The maximum absolute atomic E-state index is 12.7. The van der Waals surface area contributed by atoms with Crippen molar-refractivity contribution in [1.29, 1.82) is 0 Å². The minimum atomic E-state index is -4.36. The van der Waals surface area contributed by atoms with E-state index in [1.54, 1.807) is 0 Å². The molecular formula is C16H23ClF3N3O2. The lowest BCUT2D eigenvalue weighted by atomic mass is 10.0. The summed E-state index contributed by atoms with van der Waals surface area (Å²) in [5, 5.41) is 2.80. The summed E-state index contributed by atoms with van der Waals surface area (Å²) < 4.78 is 43.5. The van der Waals surface area contributed by atoms with Gasteiger partial charge in [-0.1, -0.05) is 12.1 Å². The lowest BCUT2D eigenvalue weighted by Gasteiger charge is -2.35. The van der Waals surface area contributed by atoms with E-state index in [1.807, 2.05) is 0 Å². The van der Waals surface area contributed by atoms with Crippen molar-refractivity contribution in [1.82, 2.24) is 10.2 Å². The number of rotatable bonds is 6. The van der Waals surface area contributed by atoms with Crippen molar-refractivity contribution in [3.8, 4) is 0 Å². The van der Waals surface area contributed by atoms with Gasteiger partial charge in [-0.05, 0) is 17.7 Å².